The van der Waals surface area contributed by atoms with Crippen molar-refractivity contribution in [1.82, 2.24) is 10.2 Å². The van der Waals surface area contributed by atoms with Gasteiger partial charge in [-0.1, -0.05) is 26.8 Å². The summed E-state index contributed by atoms with van der Waals surface area (Å²) in [5, 5.41) is 3.45. The van der Waals surface area contributed by atoms with E-state index in [0.29, 0.717) is 18.1 Å². The Morgan fingerprint density at radius 3 is 2.46 bits per heavy atom. The standard InChI is InChI=1S/C19H32N2O3/c1-8-23-17-11-15(12-20-13-19(3,4)5)9-10-16(17)24-14(2)18(22)21(6)7/h9-11,14,20H,8,12-13H2,1-7H3. The van der Waals surface area contributed by atoms with Crippen molar-refractivity contribution >= 4 is 5.91 Å². The number of carbonyl (C=O) groups is 1. The molecule has 0 saturated carbocycles. The predicted octanol–water partition coefficient (Wildman–Crippen LogP) is 3.08. The van der Waals surface area contributed by atoms with E-state index in [-0.39, 0.29) is 11.3 Å². The highest BCUT2D eigenvalue weighted by molar-refractivity contribution is 5.80. The Labute approximate surface area is 146 Å². The summed E-state index contributed by atoms with van der Waals surface area (Å²) < 4.78 is 11.5. The molecule has 0 spiro atoms. The highest BCUT2D eigenvalue weighted by Crippen LogP contribution is 2.29. The van der Waals surface area contributed by atoms with E-state index in [2.05, 4.69) is 26.1 Å². The molecule has 0 aromatic heterocycles. The van der Waals surface area contributed by atoms with Gasteiger partial charge in [0.25, 0.3) is 5.91 Å². The molecule has 0 bridgehead atoms. The van der Waals surface area contributed by atoms with E-state index in [1.165, 1.54) is 4.90 Å². The van der Waals surface area contributed by atoms with Crippen molar-refractivity contribution in [3.05, 3.63) is 23.8 Å². The number of hydrogen-bond donors (Lipinski definition) is 1. The third kappa shape index (κ3) is 6.79. The Balaban J connectivity index is 2.81. The molecule has 1 rings (SSSR count). The quantitative estimate of drug-likeness (QED) is 0.793. The average Bonchev–Trinajstić information content (AvgIpc) is 2.47. The summed E-state index contributed by atoms with van der Waals surface area (Å²) in [4.78, 5) is 13.5. The molecule has 0 radical (unpaired) electrons. The molecule has 24 heavy (non-hydrogen) atoms. The minimum Gasteiger partial charge on any atom is -0.490 e. The second-order valence-electron chi connectivity index (χ2n) is 7.37. The Hall–Kier alpha value is -1.75. The minimum absolute atomic E-state index is 0.0756. The molecule has 0 aliphatic carbocycles. The first-order chi connectivity index (χ1) is 11.1. The second-order valence-corrected chi connectivity index (χ2v) is 7.37. The number of amides is 1. The van der Waals surface area contributed by atoms with E-state index in [0.717, 1.165) is 18.7 Å². The van der Waals surface area contributed by atoms with Crippen LogP contribution in [-0.2, 0) is 11.3 Å². The van der Waals surface area contributed by atoms with Crippen LogP contribution in [0.2, 0.25) is 0 Å². The van der Waals surface area contributed by atoms with Gasteiger partial charge in [0.1, 0.15) is 0 Å². The summed E-state index contributed by atoms with van der Waals surface area (Å²) in [7, 11) is 3.44. The summed E-state index contributed by atoms with van der Waals surface area (Å²) in [5.74, 6) is 1.19. The molecule has 0 fully saturated rings. The Morgan fingerprint density at radius 2 is 1.92 bits per heavy atom. The lowest BCUT2D eigenvalue weighted by molar-refractivity contribution is -0.135. The van der Waals surface area contributed by atoms with Gasteiger partial charge in [-0.25, -0.2) is 0 Å². The molecular formula is C19H32N2O3. The molecule has 136 valence electrons. The molecule has 1 atom stereocenters. The van der Waals surface area contributed by atoms with E-state index in [9.17, 15) is 4.79 Å². The molecule has 5 nitrogen and oxygen atoms in total. The first-order valence-electron chi connectivity index (χ1n) is 8.48. The van der Waals surface area contributed by atoms with E-state index < -0.39 is 6.10 Å². The number of hydrogen-bond acceptors (Lipinski definition) is 4. The third-order valence-corrected chi connectivity index (χ3v) is 3.38. The molecule has 0 heterocycles. The number of carbonyl (C=O) groups excluding carboxylic acids is 1. The smallest absolute Gasteiger partial charge is 0.262 e. The molecular weight excluding hydrogens is 304 g/mol. The fourth-order valence-corrected chi connectivity index (χ4v) is 2.21. The lowest BCUT2D eigenvalue weighted by Crippen LogP contribution is -2.35. The molecule has 1 unspecified atom stereocenters. The van der Waals surface area contributed by atoms with Gasteiger partial charge in [-0.2, -0.15) is 0 Å². The maximum Gasteiger partial charge on any atom is 0.262 e. The largest absolute Gasteiger partial charge is 0.490 e. The summed E-state index contributed by atoms with van der Waals surface area (Å²) in [6.45, 7) is 12.5. The van der Waals surface area contributed by atoms with Crippen LogP contribution in [0.5, 0.6) is 11.5 Å². The van der Waals surface area contributed by atoms with Gasteiger partial charge in [0, 0.05) is 27.2 Å². The topological polar surface area (TPSA) is 50.8 Å². The zero-order chi connectivity index (χ0) is 18.3. The molecule has 0 aliphatic heterocycles. The monoisotopic (exact) mass is 336 g/mol. The van der Waals surface area contributed by atoms with Crippen molar-refractivity contribution in [2.45, 2.75) is 47.3 Å². The van der Waals surface area contributed by atoms with Crippen LogP contribution in [0.15, 0.2) is 18.2 Å². The number of nitrogens with zero attached hydrogens (tertiary/aromatic N) is 1. The van der Waals surface area contributed by atoms with Crippen LogP contribution >= 0.6 is 0 Å². The fourth-order valence-electron chi connectivity index (χ4n) is 2.21. The molecule has 0 aliphatic rings. The highest BCUT2D eigenvalue weighted by atomic mass is 16.5. The summed E-state index contributed by atoms with van der Waals surface area (Å²) in [6, 6.07) is 5.85. The number of likely N-dealkylation sites (N-methyl/N-ethyl adjacent to an activating group) is 1. The number of rotatable bonds is 8. The van der Waals surface area contributed by atoms with Crippen LogP contribution in [0, 0.1) is 5.41 Å². The second kappa shape index (κ2) is 8.92. The van der Waals surface area contributed by atoms with Gasteiger partial charge in [-0.3, -0.25) is 4.79 Å². The molecule has 0 saturated heterocycles. The maximum absolute atomic E-state index is 12.0. The van der Waals surface area contributed by atoms with Crippen molar-refractivity contribution in [3.8, 4) is 11.5 Å². The fraction of sp³-hybridized carbons (Fsp3) is 0.632. The van der Waals surface area contributed by atoms with Crippen molar-refractivity contribution in [2.24, 2.45) is 5.41 Å². The summed E-state index contributed by atoms with van der Waals surface area (Å²) in [5.41, 5.74) is 1.37. The predicted molar refractivity (Wildman–Crippen MR) is 97.6 cm³/mol. The van der Waals surface area contributed by atoms with Gasteiger partial charge in [-0.05, 0) is 37.0 Å². The first kappa shape index (κ1) is 20.3. The van der Waals surface area contributed by atoms with Gasteiger partial charge in [0.2, 0.25) is 0 Å². The van der Waals surface area contributed by atoms with Gasteiger partial charge in [-0.15, -0.1) is 0 Å². The van der Waals surface area contributed by atoms with E-state index in [1.54, 1.807) is 21.0 Å². The number of benzene rings is 1. The Kier molecular flexibility index (Phi) is 7.55. The molecule has 1 aromatic rings. The third-order valence-electron chi connectivity index (χ3n) is 3.38. The van der Waals surface area contributed by atoms with Crippen LogP contribution in [0.3, 0.4) is 0 Å². The van der Waals surface area contributed by atoms with Crippen LogP contribution in [-0.4, -0.2) is 44.2 Å². The minimum atomic E-state index is -0.552. The van der Waals surface area contributed by atoms with E-state index in [4.69, 9.17) is 9.47 Å². The van der Waals surface area contributed by atoms with Crippen LogP contribution < -0.4 is 14.8 Å². The van der Waals surface area contributed by atoms with Crippen molar-refractivity contribution in [3.63, 3.8) is 0 Å². The van der Waals surface area contributed by atoms with Crippen LogP contribution in [0.25, 0.3) is 0 Å². The lowest BCUT2D eigenvalue weighted by Gasteiger charge is -2.21. The number of nitrogens with one attached hydrogen (secondary N) is 1. The zero-order valence-electron chi connectivity index (χ0n) is 16.1. The van der Waals surface area contributed by atoms with Gasteiger partial charge in [0.15, 0.2) is 17.6 Å². The zero-order valence-corrected chi connectivity index (χ0v) is 16.1. The van der Waals surface area contributed by atoms with Crippen molar-refractivity contribution in [2.75, 3.05) is 27.2 Å². The maximum atomic E-state index is 12.0. The Morgan fingerprint density at radius 1 is 1.25 bits per heavy atom. The highest BCUT2D eigenvalue weighted by Gasteiger charge is 2.19. The number of ether oxygens (including phenoxy) is 2. The van der Waals surface area contributed by atoms with Crippen molar-refractivity contribution < 1.29 is 14.3 Å². The first-order valence-corrected chi connectivity index (χ1v) is 8.48. The van der Waals surface area contributed by atoms with Gasteiger partial charge < -0.3 is 19.7 Å². The van der Waals surface area contributed by atoms with Crippen LogP contribution in [0.1, 0.15) is 40.2 Å². The summed E-state index contributed by atoms with van der Waals surface area (Å²) >= 11 is 0. The Bertz CT molecular complexity index is 536. The molecule has 1 amide bonds. The molecule has 1 N–H and O–H groups in total. The van der Waals surface area contributed by atoms with Gasteiger partial charge in [0.05, 0.1) is 6.61 Å². The van der Waals surface area contributed by atoms with E-state index >= 15 is 0 Å². The normalized spacial score (nSPS) is 12.6. The average molecular weight is 336 g/mol. The molecule has 5 heteroatoms. The van der Waals surface area contributed by atoms with E-state index in [1.807, 2.05) is 25.1 Å². The summed E-state index contributed by atoms with van der Waals surface area (Å²) in [6.07, 6.45) is -0.552. The lowest BCUT2D eigenvalue weighted by atomic mass is 9.97. The van der Waals surface area contributed by atoms with Crippen LogP contribution in [0.4, 0.5) is 0 Å². The van der Waals surface area contributed by atoms with Crippen molar-refractivity contribution in [1.29, 1.82) is 0 Å². The van der Waals surface area contributed by atoms with Gasteiger partial charge >= 0.3 is 0 Å². The SMILES string of the molecule is CCOc1cc(CNCC(C)(C)C)ccc1OC(C)C(=O)N(C)C. The molecule has 1 aromatic carbocycles.